The van der Waals surface area contributed by atoms with Gasteiger partial charge >= 0.3 is 0 Å². The van der Waals surface area contributed by atoms with Crippen LogP contribution in [-0.2, 0) is 3.79 Å². The minimum atomic E-state index is -1.64. The van der Waals surface area contributed by atoms with Crippen LogP contribution < -0.4 is 0 Å². The van der Waals surface area contributed by atoms with Crippen LogP contribution in [0.2, 0.25) is 0 Å². The zero-order chi connectivity index (χ0) is 14.0. The average Bonchev–Trinajstić information content (AvgIpc) is 2.38. The summed E-state index contributed by atoms with van der Waals surface area (Å²) in [6.45, 7) is 4.28. The van der Waals surface area contributed by atoms with E-state index < -0.39 is 3.79 Å². The van der Waals surface area contributed by atoms with Gasteiger partial charge in [-0.25, -0.2) is 15.0 Å². The van der Waals surface area contributed by atoms with Crippen molar-refractivity contribution in [2.75, 3.05) is 0 Å². The molecule has 0 saturated heterocycles. The molecule has 1 heterocycles. The summed E-state index contributed by atoms with van der Waals surface area (Å²) in [5.74, 6) is 1.09. The summed E-state index contributed by atoms with van der Waals surface area (Å²) >= 11 is 17.3. The molecule has 2 aromatic rings. The molecule has 0 aliphatic rings. The first-order chi connectivity index (χ1) is 8.88. The zero-order valence-corrected chi connectivity index (χ0v) is 12.7. The fraction of sp³-hybridized carbons (Fsp3) is 0.308. The number of halogens is 3. The lowest BCUT2D eigenvalue weighted by molar-refractivity contribution is 0.866. The largest absolute Gasteiger partial charge is 0.250 e. The van der Waals surface area contributed by atoms with E-state index in [-0.39, 0.29) is 5.82 Å². The number of hydrogen-bond donors (Lipinski definition) is 0. The van der Waals surface area contributed by atoms with Crippen LogP contribution in [0.1, 0.15) is 31.2 Å². The van der Waals surface area contributed by atoms with Gasteiger partial charge in [-0.15, -0.1) is 0 Å². The van der Waals surface area contributed by atoms with Crippen LogP contribution >= 0.6 is 34.8 Å². The molecule has 2 rings (SSSR count). The topological polar surface area (TPSA) is 38.7 Å². The third kappa shape index (κ3) is 3.56. The zero-order valence-electron chi connectivity index (χ0n) is 10.4. The van der Waals surface area contributed by atoms with E-state index in [1.54, 1.807) is 0 Å². The van der Waals surface area contributed by atoms with Crippen LogP contribution in [0.3, 0.4) is 0 Å². The van der Waals surface area contributed by atoms with E-state index in [1.165, 1.54) is 11.9 Å². The summed E-state index contributed by atoms with van der Waals surface area (Å²) in [5, 5.41) is 0. The second-order valence-electron chi connectivity index (χ2n) is 4.41. The lowest BCUT2D eigenvalue weighted by Crippen LogP contribution is -2.08. The van der Waals surface area contributed by atoms with Crippen LogP contribution in [0, 0.1) is 0 Å². The summed E-state index contributed by atoms with van der Waals surface area (Å²) in [6.07, 6.45) is 1.34. The summed E-state index contributed by atoms with van der Waals surface area (Å²) in [4.78, 5) is 12.1. The van der Waals surface area contributed by atoms with E-state index in [9.17, 15) is 0 Å². The summed E-state index contributed by atoms with van der Waals surface area (Å²) in [5.41, 5.74) is 2.11. The molecule has 0 unspecified atom stereocenters. The van der Waals surface area contributed by atoms with Crippen LogP contribution in [0.15, 0.2) is 30.6 Å². The summed E-state index contributed by atoms with van der Waals surface area (Å²) in [7, 11) is 0. The van der Waals surface area contributed by atoms with Crippen LogP contribution in [0.5, 0.6) is 0 Å². The van der Waals surface area contributed by atoms with Gasteiger partial charge in [0.2, 0.25) is 3.79 Å². The lowest BCUT2D eigenvalue weighted by Gasteiger charge is -2.10. The number of aromatic nitrogens is 3. The molecule has 0 saturated carbocycles. The van der Waals surface area contributed by atoms with Gasteiger partial charge in [0, 0.05) is 5.56 Å². The molecular weight excluding hydrogens is 305 g/mol. The summed E-state index contributed by atoms with van der Waals surface area (Å²) in [6, 6.07) is 7.98. The van der Waals surface area contributed by atoms with Crippen LogP contribution in [0.25, 0.3) is 11.4 Å². The Morgan fingerprint density at radius 1 is 1.00 bits per heavy atom. The molecule has 0 N–H and O–H groups in total. The maximum Gasteiger partial charge on any atom is 0.250 e. The fourth-order valence-corrected chi connectivity index (χ4v) is 1.86. The Hall–Kier alpha value is -0.900. The first-order valence-electron chi connectivity index (χ1n) is 5.74. The molecule has 0 aliphatic carbocycles. The predicted octanol–water partition coefficient (Wildman–Crippen LogP) is 4.49. The van der Waals surface area contributed by atoms with E-state index >= 15 is 0 Å². The van der Waals surface area contributed by atoms with Crippen molar-refractivity contribution in [2.45, 2.75) is 23.6 Å². The highest BCUT2D eigenvalue weighted by atomic mass is 35.6. The Kier molecular flexibility index (Phi) is 4.29. The van der Waals surface area contributed by atoms with Gasteiger partial charge in [0.25, 0.3) is 0 Å². The molecule has 1 aromatic heterocycles. The van der Waals surface area contributed by atoms with Crippen molar-refractivity contribution < 1.29 is 0 Å². The van der Waals surface area contributed by atoms with Crippen molar-refractivity contribution in [3.8, 4) is 11.4 Å². The number of nitrogens with zero attached hydrogens (tertiary/aromatic N) is 3. The number of benzene rings is 1. The molecule has 0 aliphatic heterocycles. The minimum Gasteiger partial charge on any atom is -0.217 e. The van der Waals surface area contributed by atoms with Crippen molar-refractivity contribution in [1.29, 1.82) is 0 Å². The van der Waals surface area contributed by atoms with Crippen LogP contribution in [0.4, 0.5) is 0 Å². The second kappa shape index (κ2) is 5.61. The van der Waals surface area contributed by atoms with Crippen molar-refractivity contribution >= 4 is 34.8 Å². The third-order valence-electron chi connectivity index (χ3n) is 2.66. The predicted molar refractivity (Wildman–Crippen MR) is 78.6 cm³/mol. The average molecular weight is 317 g/mol. The normalized spacial score (nSPS) is 11.9. The molecular formula is C13H12Cl3N3. The molecule has 0 bridgehead atoms. The van der Waals surface area contributed by atoms with E-state index in [0.29, 0.717) is 11.7 Å². The lowest BCUT2D eigenvalue weighted by atomic mass is 10.0. The molecule has 6 heteroatoms. The van der Waals surface area contributed by atoms with Gasteiger partial charge in [0.05, 0.1) is 0 Å². The number of rotatable bonds is 2. The highest BCUT2D eigenvalue weighted by Gasteiger charge is 2.27. The SMILES string of the molecule is CC(C)c1ccc(-c2ncnc(C(Cl)(Cl)Cl)n2)cc1. The Morgan fingerprint density at radius 2 is 1.63 bits per heavy atom. The maximum atomic E-state index is 5.76. The van der Waals surface area contributed by atoms with E-state index in [4.69, 9.17) is 34.8 Å². The quantitative estimate of drug-likeness (QED) is 0.766. The Bertz CT molecular complexity index is 562. The van der Waals surface area contributed by atoms with Crippen molar-refractivity contribution in [1.82, 2.24) is 15.0 Å². The number of hydrogen-bond acceptors (Lipinski definition) is 3. The Morgan fingerprint density at radius 3 is 2.16 bits per heavy atom. The van der Waals surface area contributed by atoms with E-state index in [2.05, 4.69) is 28.8 Å². The van der Waals surface area contributed by atoms with Gasteiger partial charge in [0.1, 0.15) is 6.33 Å². The number of alkyl halides is 3. The van der Waals surface area contributed by atoms with Crippen molar-refractivity contribution in [2.24, 2.45) is 0 Å². The Labute approximate surface area is 127 Å². The first kappa shape index (κ1) is 14.5. The highest BCUT2D eigenvalue weighted by Crippen LogP contribution is 2.36. The second-order valence-corrected chi connectivity index (χ2v) is 6.69. The van der Waals surface area contributed by atoms with E-state index in [1.807, 2.05) is 24.3 Å². The first-order valence-corrected chi connectivity index (χ1v) is 6.88. The standard InChI is InChI=1S/C13H12Cl3N3/c1-8(2)9-3-5-10(6-4-9)11-17-7-18-12(19-11)13(14,15)16/h3-8H,1-2H3. The monoisotopic (exact) mass is 315 g/mol. The van der Waals surface area contributed by atoms with Crippen molar-refractivity contribution in [3.05, 3.63) is 42.0 Å². The molecule has 0 fully saturated rings. The molecule has 100 valence electrons. The van der Waals surface area contributed by atoms with Gasteiger partial charge < -0.3 is 0 Å². The fourth-order valence-electron chi connectivity index (χ4n) is 1.59. The minimum absolute atomic E-state index is 0.121. The molecule has 0 spiro atoms. The molecule has 1 aromatic carbocycles. The van der Waals surface area contributed by atoms with Gasteiger partial charge in [-0.2, -0.15) is 0 Å². The van der Waals surface area contributed by atoms with Crippen molar-refractivity contribution in [3.63, 3.8) is 0 Å². The van der Waals surface area contributed by atoms with Gasteiger partial charge in [0.15, 0.2) is 11.6 Å². The van der Waals surface area contributed by atoms with Gasteiger partial charge in [-0.05, 0) is 11.5 Å². The summed E-state index contributed by atoms with van der Waals surface area (Å²) < 4.78 is -1.64. The van der Waals surface area contributed by atoms with Gasteiger partial charge in [-0.1, -0.05) is 72.9 Å². The van der Waals surface area contributed by atoms with Crippen LogP contribution in [-0.4, -0.2) is 15.0 Å². The third-order valence-corrected chi connectivity index (χ3v) is 3.17. The Balaban J connectivity index is 2.37. The molecule has 19 heavy (non-hydrogen) atoms. The van der Waals surface area contributed by atoms with Gasteiger partial charge in [-0.3, -0.25) is 0 Å². The molecule has 0 atom stereocenters. The maximum absolute atomic E-state index is 5.76. The molecule has 3 nitrogen and oxygen atoms in total. The highest BCUT2D eigenvalue weighted by molar-refractivity contribution is 6.66. The molecule has 0 amide bonds. The smallest absolute Gasteiger partial charge is 0.217 e. The molecule has 0 radical (unpaired) electrons. The van der Waals surface area contributed by atoms with E-state index in [0.717, 1.165) is 5.56 Å².